The van der Waals surface area contributed by atoms with Crippen molar-refractivity contribution in [3.63, 3.8) is 0 Å². The smallest absolute Gasteiger partial charge is 0.343 e. The fourth-order valence-corrected chi connectivity index (χ4v) is 2.26. The van der Waals surface area contributed by atoms with Crippen molar-refractivity contribution in [3.05, 3.63) is 28.4 Å². The van der Waals surface area contributed by atoms with Crippen LogP contribution in [0.25, 0.3) is 0 Å². The number of aromatic nitrogens is 5. The summed E-state index contributed by atoms with van der Waals surface area (Å²) in [6.07, 6.45) is 2.29. The normalized spacial score (nSPS) is 11.8. The Morgan fingerprint density at radius 3 is 3.15 bits per heavy atom. The summed E-state index contributed by atoms with van der Waals surface area (Å²) in [7, 11) is 0. The van der Waals surface area contributed by atoms with E-state index in [4.69, 9.17) is 10.9 Å². The highest BCUT2D eigenvalue weighted by molar-refractivity contribution is 7.99. The van der Waals surface area contributed by atoms with Crippen molar-refractivity contribution < 1.29 is 5.21 Å². The molecule has 0 spiro atoms. The largest absolute Gasteiger partial charge is 0.409 e. The lowest BCUT2D eigenvalue weighted by Crippen LogP contribution is -2.17. The van der Waals surface area contributed by atoms with Gasteiger partial charge >= 0.3 is 5.69 Å². The van der Waals surface area contributed by atoms with E-state index in [0.717, 1.165) is 18.2 Å². The van der Waals surface area contributed by atoms with Gasteiger partial charge in [-0.05, 0) is 24.2 Å². The van der Waals surface area contributed by atoms with Crippen LogP contribution in [0, 0.1) is 0 Å². The summed E-state index contributed by atoms with van der Waals surface area (Å²) in [5.41, 5.74) is 5.48. The van der Waals surface area contributed by atoms with E-state index in [0.29, 0.717) is 22.6 Å². The van der Waals surface area contributed by atoms with Gasteiger partial charge in [0.05, 0.1) is 0 Å². The summed E-state index contributed by atoms with van der Waals surface area (Å²) in [6.45, 7) is 2.51. The maximum atomic E-state index is 11.6. The van der Waals surface area contributed by atoms with E-state index in [1.54, 1.807) is 0 Å². The van der Waals surface area contributed by atoms with Gasteiger partial charge in [0.15, 0.2) is 16.1 Å². The zero-order valence-corrected chi connectivity index (χ0v) is 11.5. The number of oxime groups is 1. The van der Waals surface area contributed by atoms with Gasteiger partial charge in [-0.3, -0.25) is 4.57 Å². The van der Waals surface area contributed by atoms with E-state index in [2.05, 4.69) is 25.3 Å². The van der Waals surface area contributed by atoms with Crippen LogP contribution in [0.3, 0.4) is 0 Å². The topological polar surface area (TPSA) is 135 Å². The molecule has 20 heavy (non-hydrogen) atoms. The molecule has 0 saturated heterocycles. The summed E-state index contributed by atoms with van der Waals surface area (Å²) < 4.78 is 1.50. The van der Waals surface area contributed by atoms with E-state index in [9.17, 15) is 4.79 Å². The molecule has 0 unspecified atom stereocenters. The average Bonchev–Trinajstić information content (AvgIpc) is 2.80. The second kappa shape index (κ2) is 6.19. The molecule has 0 saturated carbocycles. The van der Waals surface area contributed by atoms with E-state index >= 15 is 0 Å². The Labute approximate surface area is 117 Å². The standard InChI is InChI=1S/C10H13N7O2S/c1-2-5-17-9(18)14-15-10(17)20-8-12-4-3-6(13-8)7(11)16-19/h3-4,19H,2,5H2,1H3,(H2,11,16)(H,14,18). The molecule has 2 aromatic heterocycles. The molecule has 0 aliphatic heterocycles. The quantitative estimate of drug-likeness (QED) is 0.232. The monoisotopic (exact) mass is 295 g/mol. The molecule has 0 amide bonds. The maximum Gasteiger partial charge on any atom is 0.343 e. The number of rotatable bonds is 5. The Morgan fingerprint density at radius 2 is 2.45 bits per heavy atom. The van der Waals surface area contributed by atoms with Gasteiger partial charge in [0.1, 0.15) is 5.69 Å². The number of nitrogens with zero attached hydrogens (tertiary/aromatic N) is 5. The van der Waals surface area contributed by atoms with Crippen molar-refractivity contribution >= 4 is 17.6 Å². The first-order valence-electron chi connectivity index (χ1n) is 5.79. The van der Waals surface area contributed by atoms with E-state index < -0.39 is 0 Å². The van der Waals surface area contributed by atoms with Crippen LogP contribution in [-0.2, 0) is 6.54 Å². The molecule has 0 aromatic carbocycles. The average molecular weight is 295 g/mol. The highest BCUT2D eigenvalue weighted by Gasteiger charge is 2.12. The molecular formula is C10H13N7O2S. The summed E-state index contributed by atoms with van der Waals surface area (Å²) in [4.78, 5) is 19.7. The minimum Gasteiger partial charge on any atom is -0.409 e. The zero-order chi connectivity index (χ0) is 14.5. The van der Waals surface area contributed by atoms with Crippen molar-refractivity contribution in [3.8, 4) is 0 Å². The Kier molecular flexibility index (Phi) is 4.35. The third-order valence-electron chi connectivity index (χ3n) is 2.36. The molecular weight excluding hydrogens is 282 g/mol. The highest BCUT2D eigenvalue weighted by atomic mass is 32.2. The van der Waals surface area contributed by atoms with E-state index in [-0.39, 0.29) is 11.5 Å². The molecule has 4 N–H and O–H groups in total. The van der Waals surface area contributed by atoms with Crippen LogP contribution in [-0.4, -0.2) is 35.8 Å². The van der Waals surface area contributed by atoms with Gasteiger partial charge in [-0.25, -0.2) is 19.9 Å². The summed E-state index contributed by atoms with van der Waals surface area (Å²) in [5.74, 6) is -0.109. The molecule has 2 rings (SSSR count). The number of hydrogen-bond acceptors (Lipinski definition) is 7. The van der Waals surface area contributed by atoms with Gasteiger partial charge in [0.25, 0.3) is 0 Å². The summed E-state index contributed by atoms with van der Waals surface area (Å²) >= 11 is 1.12. The van der Waals surface area contributed by atoms with E-state index in [1.807, 2.05) is 6.92 Å². The van der Waals surface area contributed by atoms with Crippen molar-refractivity contribution in [2.24, 2.45) is 10.9 Å². The summed E-state index contributed by atoms with van der Waals surface area (Å²) in [6, 6.07) is 1.52. The molecule has 2 heterocycles. The first-order chi connectivity index (χ1) is 9.65. The molecule has 0 fully saturated rings. The van der Waals surface area contributed by atoms with Crippen LogP contribution in [0.1, 0.15) is 19.0 Å². The lowest BCUT2D eigenvalue weighted by atomic mass is 10.4. The zero-order valence-electron chi connectivity index (χ0n) is 10.6. The SMILES string of the molecule is CCCn1c(Sc2nccc(/C(N)=N/O)n2)n[nH]c1=O. The molecule has 10 heteroatoms. The van der Waals surface area contributed by atoms with Crippen LogP contribution in [0.15, 0.2) is 32.5 Å². The first kappa shape index (κ1) is 14.1. The van der Waals surface area contributed by atoms with Gasteiger partial charge in [0.2, 0.25) is 0 Å². The van der Waals surface area contributed by atoms with Crippen molar-refractivity contribution in [1.29, 1.82) is 0 Å². The van der Waals surface area contributed by atoms with Gasteiger partial charge < -0.3 is 10.9 Å². The maximum absolute atomic E-state index is 11.6. The third-order valence-corrected chi connectivity index (χ3v) is 3.23. The Hall–Kier alpha value is -2.36. The van der Waals surface area contributed by atoms with Gasteiger partial charge in [-0.1, -0.05) is 12.1 Å². The fraction of sp³-hybridized carbons (Fsp3) is 0.300. The van der Waals surface area contributed by atoms with Crippen molar-refractivity contribution in [2.75, 3.05) is 0 Å². The van der Waals surface area contributed by atoms with Crippen LogP contribution < -0.4 is 11.4 Å². The number of H-pyrrole nitrogens is 1. The Bertz CT molecular complexity index is 678. The Balaban J connectivity index is 2.29. The third kappa shape index (κ3) is 2.96. The Morgan fingerprint density at radius 1 is 1.65 bits per heavy atom. The van der Waals surface area contributed by atoms with Gasteiger partial charge in [0, 0.05) is 12.7 Å². The molecule has 9 nitrogen and oxygen atoms in total. The predicted octanol–water partition coefficient (Wildman–Crippen LogP) is 0.0171. The molecule has 2 aromatic rings. The van der Waals surface area contributed by atoms with Gasteiger partial charge in [-0.2, -0.15) is 0 Å². The van der Waals surface area contributed by atoms with Gasteiger partial charge in [-0.15, -0.1) is 5.10 Å². The molecule has 0 radical (unpaired) electrons. The van der Waals surface area contributed by atoms with Crippen molar-refractivity contribution in [1.82, 2.24) is 24.7 Å². The summed E-state index contributed by atoms with van der Waals surface area (Å²) in [5, 5.41) is 18.6. The molecule has 0 aliphatic carbocycles. The molecule has 0 bridgehead atoms. The number of hydrogen-bond donors (Lipinski definition) is 3. The minimum atomic E-state index is -0.276. The second-order valence-electron chi connectivity index (χ2n) is 3.77. The number of aromatic amines is 1. The molecule has 106 valence electrons. The van der Waals surface area contributed by atoms with Crippen molar-refractivity contribution in [2.45, 2.75) is 30.2 Å². The lowest BCUT2D eigenvalue weighted by molar-refractivity contribution is 0.318. The molecule has 0 atom stereocenters. The number of amidine groups is 1. The van der Waals surface area contributed by atoms with Crippen LogP contribution >= 0.6 is 11.8 Å². The van der Waals surface area contributed by atoms with Crippen LogP contribution in [0.2, 0.25) is 0 Å². The van der Waals surface area contributed by atoms with Crippen LogP contribution in [0.4, 0.5) is 0 Å². The molecule has 0 aliphatic rings. The lowest BCUT2D eigenvalue weighted by Gasteiger charge is -2.03. The first-order valence-corrected chi connectivity index (χ1v) is 6.61. The predicted molar refractivity (Wildman–Crippen MR) is 71.8 cm³/mol. The minimum absolute atomic E-state index is 0.109. The number of nitrogens with two attached hydrogens (primary N) is 1. The van der Waals surface area contributed by atoms with Crippen LogP contribution in [0.5, 0.6) is 0 Å². The fourth-order valence-electron chi connectivity index (χ4n) is 1.47. The second-order valence-corrected chi connectivity index (χ2v) is 4.71. The van der Waals surface area contributed by atoms with E-state index in [1.165, 1.54) is 16.8 Å². The highest BCUT2D eigenvalue weighted by Crippen LogP contribution is 2.21. The number of nitrogens with one attached hydrogen (secondary N) is 1.